The van der Waals surface area contributed by atoms with Crippen LogP contribution in [-0.4, -0.2) is 53.0 Å². The van der Waals surface area contributed by atoms with Gasteiger partial charge < -0.3 is 14.4 Å². The molecule has 2 aromatic rings. The number of rotatable bonds is 4. The van der Waals surface area contributed by atoms with E-state index in [9.17, 15) is 14.4 Å². The van der Waals surface area contributed by atoms with Crippen molar-refractivity contribution in [3.8, 4) is 0 Å². The first-order valence-electron chi connectivity index (χ1n) is 13.8. The molecule has 2 fully saturated rings. The van der Waals surface area contributed by atoms with Gasteiger partial charge in [0, 0.05) is 65.4 Å². The van der Waals surface area contributed by atoms with Crippen LogP contribution in [0, 0.1) is 11.8 Å². The summed E-state index contributed by atoms with van der Waals surface area (Å²) in [6.45, 7) is 4.00. The maximum absolute atomic E-state index is 13.7. The molecule has 1 aromatic heterocycles. The number of hydrogen-bond acceptors (Lipinski definition) is 6. The Morgan fingerprint density at radius 2 is 1.55 bits per heavy atom. The zero-order valence-corrected chi connectivity index (χ0v) is 26.6. The lowest BCUT2D eigenvalue weighted by molar-refractivity contribution is -0.162. The van der Waals surface area contributed by atoms with E-state index in [-0.39, 0.29) is 17.7 Å². The molecule has 214 valence electrons. The number of ether oxygens (including phenoxy) is 2. The molecule has 1 aliphatic heterocycles. The van der Waals surface area contributed by atoms with Crippen molar-refractivity contribution < 1.29 is 23.9 Å². The van der Waals surface area contributed by atoms with Gasteiger partial charge in [-0.3, -0.25) is 19.4 Å². The quantitative estimate of drug-likeness (QED) is 0.345. The molecular weight excluding hydrogens is 664 g/mol. The highest BCUT2D eigenvalue weighted by Crippen LogP contribution is 2.46. The molecule has 40 heavy (non-hydrogen) atoms. The molecule has 2 heterocycles. The van der Waals surface area contributed by atoms with Crippen molar-refractivity contribution in [2.45, 2.75) is 76.9 Å². The Kier molecular flexibility index (Phi) is 9.22. The van der Waals surface area contributed by atoms with Gasteiger partial charge >= 0.3 is 11.9 Å². The van der Waals surface area contributed by atoms with Crippen LogP contribution in [0.2, 0.25) is 5.02 Å². The van der Waals surface area contributed by atoms with Crippen molar-refractivity contribution in [3.05, 3.63) is 60.7 Å². The standard InChI is InChI=1S/C30H33Br2ClN2O5/c1-16(36)39-24-11-21(12-25(14-24)40-17(2)37)30(38)35-7-5-18(6-8-35)28-27-19(10-23(33)13-26(27)32)3-4-20-9-22(31)15-34-29(20)28/h9-10,13,15,18,21,24-25,28H,3-8,11-12,14H2,1-2H3/t21?,24?,25?,28-/m1/s1. The van der Waals surface area contributed by atoms with E-state index < -0.39 is 24.1 Å². The number of esters is 2. The number of nitrogens with zero attached hydrogens (tertiary/aromatic N) is 2. The molecule has 3 aliphatic rings. The van der Waals surface area contributed by atoms with Gasteiger partial charge in [-0.1, -0.05) is 27.5 Å². The van der Waals surface area contributed by atoms with Gasteiger partial charge in [0.15, 0.2) is 0 Å². The highest BCUT2D eigenvalue weighted by Gasteiger charge is 2.40. The van der Waals surface area contributed by atoms with Crippen LogP contribution in [0.1, 0.15) is 74.3 Å². The number of pyridine rings is 1. The summed E-state index contributed by atoms with van der Waals surface area (Å²) in [6, 6.07) is 6.23. The first-order chi connectivity index (χ1) is 19.1. The van der Waals surface area contributed by atoms with E-state index in [1.165, 1.54) is 30.5 Å². The monoisotopic (exact) mass is 694 g/mol. The van der Waals surface area contributed by atoms with Gasteiger partial charge in [0.2, 0.25) is 5.91 Å². The Bertz CT molecular complexity index is 1290. The Hall–Kier alpha value is -1.97. The topological polar surface area (TPSA) is 85.8 Å². The van der Waals surface area contributed by atoms with Gasteiger partial charge in [-0.25, -0.2) is 0 Å². The predicted octanol–water partition coefficient (Wildman–Crippen LogP) is 6.39. The number of carbonyl (C=O) groups excluding carboxylic acids is 3. The van der Waals surface area contributed by atoms with Gasteiger partial charge in [0.1, 0.15) is 12.2 Å². The number of fused-ring (bicyclic) bond motifs is 2. The molecular formula is C30H33Br2ClN2O5. The molecule has 5 rings (SSSR count). The molecule has 1 amide bonds. The number of hydrogen-bond donors (Lipinski definition) is 0. The Balaban J connectivity index is 1.35. The Morgan fingerprint density at radius 3 is 2.17 bits per heavy atom. The molecule has 0 spiro atoms. The number of carbonyl (C=O) groups is 3. The predicted molar refractivity (Wildman–Crippen MR) is 158 cm³/mol. The van der Waals surface area contributed by atoms with E-state index in [0.29, 0.717) is 38.3 Å². The zero-order valence-electron chi connectivity index (χ0n) is 22.6. The number of aromatic nitrogens is 1. The van der Waals surface area contributed by atoms with E-state index in [0.717, 1.165) is 45.3 Å². The third-order valence-electron chi connectivity index (χ3n) is 8.38. The van der Waals surface area contributed by atoms with E-state index in [1.54, 1.807) is 0 Å². The molecule has 2 unspecified atom stereocenters. The first kappa shape index (κ1) is 29.5. The van der Waals surface area contributed by atoms with Crippen molar-refractivity contribution in [2.24, 2.45) is 11.8 Å². The second kappa shape index (κ2) is 12.5. The molecule has 1 saturated carbocycles. The molecule has 7 nitrogen and oxygen atoms in total. The largest absolute Gasteiger partial charge is 0.462 e. The van der Waals surface area contributed by atoms with Gasteiger partial charge in [0.25, 0.3) is 0 Å². The van der Waals surface area contributed by atoms with Crippen LogP contribution in [0.25, 0.3) is 0 Å². The lowest BCUT2D eigenvalue weighted by Crippen LogP contribution is -2.47. The third kappa shape index (κ3) is 6.57. The zero-order chi connectivity index (χ0) is 28.6. The molecule has 0 bridgehead atoms. The number of likely N-dealkylation sites (tertiary alicyclic amines) is 1. The van der Waals surface area contributed by atoms with Crippen LogP contribution in [-0.2, 0) is 36.7 Å². The summed E-state index contributed by atoms with van der Waals surface area (Å²) in [7, 11) is 0. The molecule has 2 aliphatic carbocycles. The Morgan fingerprint density at radius 1 is 0.925 bits per heavy atom. The van der Waals surface area contributed by atoms with Crippen molar-refractivity contribution >= 4 is 61.3 Å². The first-order valence-corrected chi connectivity index (χ1v) is 15.8. The fourth-order valence-electron chi connectivity index (χ4n) is 6.82. The molecule has 0 radical (unpaired) electrons. The van der Waals surface area contributed by atoms with E-state index in [2.05, 4.69) is 44.0 Å². The van der Waals surface area contributed by atoms with Crippen molar-refractivity contribution in [2.75, 3.05) is 13.1 Å². The maximum Gasteiger partial charge on any atom is 0.302 e. The Labute approximate surface area is 256 Å². The number of halogens is 3. The van der Waals surface area contributed by atoms with Crippen LogP contribution in [0.15, 0.2) is 33.3 Å². The summed E-state index contributed by atoms with van der Waals surface area (Å²) in [4.78, 5) is 43.8. The number of piperidine rings is 1. The third-order valence-corrected chi connectivity index (χ3v) is 9.68. The summed E-state index contributed by atoms with van der Waals surface area (Å²) < 4.78 is 12.9. The lowest BCUT2D eigenvalue weighted by Gasteiger charge is -2.40. The lowest BCUT2D eigenvalue weighted by atomic mass is 9.76. The van der Waals surface area contributed by atoms with E-state index >= 15 is 0 Å². The fourth-order valence-corrected chi connectivity index (χ4v) is 8.32. The minimum atomic E-state index is -0.435. The van der Waals surface area contributed by atoms with Crippen LogP contribution in [0.3, 0.4) is 0 Å². The summed E-state index contributed by atoms with van der Waals surface area (Å²) >= 11 is 13.9. The highest BCUT2D eigenvalue weighted by molar-refractivity contribution is 9.10. The van der Waals surface area contributed by atoms with Crippen LogP contribution >= 0.6 is 43.5 Å². The minimum absolute atomic E-state index is 0.0455. The van der Waals surface area contributed by atoms with E-state index in [1.807, 2.05) is 17.2 Å². The average molecular weight is 697 g/mol. The minimum Gasteiger partial charge on any atom is -0.462 e. The van der Waals surface area contributed by atoms with Gasteiger partial charge in [0.05, 0.1) is 5.69 Å². The second-order valence-corrected chi connectivity index (χ2v) is 13.4. The molecule has 0 N–H and O–H groups in total. The molecule has 1 saturated heterocycles. The smallest absolute Gasteiger partial charge is 0.302 e. The highest BCUT2D eigenvalue weighted by atomic mass is 79.9. The van der Waals surface area contributed by atoms with Crippen molar-refractivity contribution in [3.63, 3.8) is 0 Å². The summed E-state index contributed by atoms with van der Waals surface area (Å²) in [6.07, 6.45) is 5.80. The van der Waals surface area contributed by atoms with Gasteiger partial charge in [-0.2, -0.15) is 0 Å². The average Bonchev–Trinajstić information content (AvgIpc) is 3.04. The van der Waals surface area contributed by atoms with E-state index in [4.69, 9.17) is 26.1 Å². The summed E-state index contributed by atoms with van der Waals surface area (Å²) in [5.74, 6) is -0.687. The normalized spacial score (nSPS) is 24.9. The van der Waals surface area contributed by atoms with Crippen molar-refractivity contribution in [1.82, 2.24) is 9.88 Å². The van der Waals surface area contributed by atoms with Crippen LogP contribution in [0.4, 0.5) is 0 Å². The maximum atomic E-state index is 13.7. The van der Waals surface area contributed by atoms with Gasteiger partial charge in [-0.05, 0) is 95.3 Å². The SMILES string of the molecule is CC(=O)OC1CC(OC(C)=O)CC(C(=O)N2CCC([C@H]3c4ncc(Br)cc4CCc4cc(Cl)cc(Br)c43)CC2)C1. The molecule has 3 atom stereocenters. The molecule has 10 heteroatoms. The summed E-state index contributed by atoms with van der Waals surface area (Å²) in [5, 5.41) is 0.719. The number of amides is 1. The number of benzene rings is 1. The fraction of sp³-hybridized carbons (Fsp3) is 0.533. The second-order valence-electron chi connectivity index (χ2n) is 11.2. The van der Waals surface area contributed by atoms with Crippen molar-refractivity contribution in [1.29, 1.82) is 0 Å². The van der Waals surface area contributed by atoms with Crippen LogP contribution < -0.4 is 0 Å². The van der Waals surface area contributed by atoms with Crippen LogP contribution in [0.5, 0.6) is 0 Å². The van der Waals surface area contributed by atoms with Gasteiger partial charge in [-0.15, -0.1) is 0 Å². The molecule has 1 aromatic carbocycles. The summed E-state index contributed by atoms with van der Waals surface area (Å²) in [5.41, 5.74) is 4.85. The number of aryl methyl sites for hydroxylation is 2.